The van der Waals surface area contributed by atoms with Gasteiger partial charge in [-0.05, 0) is 25.7 Å². The lowest BCUT2D eigenvalue weighted by Crippen LogP contribution is -2.47. The molecule has 1 aliphatic rings. The quantitative estimate of drug-likeness (QED) is 0.665. The number of urea groups is 1. The zero-order valence-electron chi connectivity index (χ0n) is 10.1. The summed E-state index contributed by atoms with van der Waals surface area (Å²) >= 11 is 0. The molecule has 1 saturated heterocycles. The third-order valence-electron chi connectivity index (χ3n) is 2.78. The van der Waals surface area contributed by atoms with Crippen molar-refractivity contribution < 1.29 is 19.4 Å². The fourth-order valence-corrected chi connectivity index (χ4v) is 1.72. The SMILES string of the molecule is CCC(NC(=O)NCC1CCCCO1)C(=O)O. The van der Waals surface area contributed by atoms with E-state index in [0.29, 0.717) is 13.0 Å². The minimum Gasteiger partial charge on any atom is -0.480 e. The Bertz CT molecular complexity index is 264. The second kappa shape index (κ2) is 7.11. The number of amides is 2. The molecule has 1 heterocycles. The summed E-state index contributed by atoms with van der Waals surface area (Å²) in [5.41, 5.74) is 0. The first kappa shape index (κ1) is 13.8. The topological polar surface area (TPSA) is 87.7 Å². The van der Waals surface area contributed by atoms with E-state index >= 15 is 0 Å². The largest absolute Gasteiger partial charge is 0.480 e. The molecule has 0 aromatic rings. The minimum absolute atomic E-state index is 0.0550. The molecule has 2 amide bonds. The molecule has 0 saturated carbocycles. The van der Waals surface area contributed by atoms with Gasteiger partial charge in [0, 0.05) is 13.2 Å². The number of hydrogen-bond acceptors (Lipinski definition) is 3. The van der Waals surface area contributed by atoms with Crippen LogP contribution in [0.1, 0.15) is 32.6 Å². The molecule has 98 valence electrons. The highest BCUT2D eigenvalue weighted by Crippen LogP contribution is 2.11. The molecule has 6 heteroatoms. The molecule has 0 bridgehead atoms. The number of carbonyl (C=O) groups is 2. The van der Waals surface area contributed by atoms with Crippen molar-refractivity contribution in [2.45, 2.75) is 44.8 Å². The van der Waals surface area contributed by atoms with Gasteiger partial charge in [-0.15, -0.1) is 0 Å². The number of hydrogen-bond donors (Lipinski definition) is 3. The van der Waals surface area contributed by atoms with E-state index in [4.69, 9.17) is 9.84 Å². The van der Waals surface area contributed by atoms with Gasteiger partial charge in [0.05, 0.1) is 6.10 Å². The van der Waals surface area contributed by atoms with Crippen LogP contribution in [-0.4, -0.2) is 42.4 Å². The molecule has 0 spiro atoms. The fourth-order valence-electron chi connectivity index (χ4n) is 1.72. The second-order valence-corrected chi connectivity index (χ2v) is 4.14. The molecule has 1 aliphatic heterocycles. The smallest absolute Gasteiger partial charge is 0.326 e. The molecule has 0 aliphatic carbocycles. The molecule has 1 fully saturated rings. The predicted molar refractivity (Wildman–Crippen MR) is 61.8 cm³/mol. The van der Waals surface area contributed by atoms with Gasteiger partial charge in [0.15, 0.2) is 0 Å². The summed E-state index contributed by atoms with van der Waals surface area (Å²) in [5, 5.41) is 13.8. The van der Waals surface area contributed by atoms with Crippen LogP contribution < -0.4 is 10.6 Å². The number of carboxylic acid groups (broad SMARTS) is 1. The number of carbonyl (C=O) groups excluding carboxylic acids is 1. The Kier molecular flexibility index (Phi) is 5.76. The molecular weight excluding hydrogens is 224 g/mol. The van der Waals surface area contributed by atoms with E-state index in [1.165, 1.54) is 0 Å². The van der Waals surface area contributed by atoms with Crippen LogP contribution >= 0.6 is 0 Å². The molecule has 0 aromatic carbocycles. The van der Waals surface area contributed by atoms with Gasteiger partial charge in [-0.25, -0.2) is 9.59 Å². The van der Waals surface area contributed by atoms with E-state index in [0.717, 1.165) is 25.9 Å². The maximum Gasteiger partial charge on any atom is 0.326 e. The van der Waals surface area contributed by atoms with Gasteiger partial charge in [-0.1, -0.05) is 6.92 Å². The van der Waals surface area contributed by atoms with Crippen LogP contribution in [0.25, 0.3) is 0 Å². The predicted octanol–water partition coefficient (Wildman–Crippen LogP) is 0.718. The van der Waals surface area contributed by atoms with Crippen LogP contribution in [0.15, 0.2) is 0 Å². The molecule has 0 radical (unpaired) electrons. The molecule has 6 nitrogen and oxygen atoms in total. The average molecular weight is 244 g/mol. The highest BCUT2D eigenvalue weighted by atomic mass is 16.5. The normalized spacial score (nSPS) is 21.6. The second-order valence-electron chi connectivity index (χ2n) is 4.14. The first-order chi connectivity index (χ1) is 8.13. The zero-order valence-corrected chi connectivity index (χ0v) is 10.1. The number of rotatable bonds is 5. The van der Waals surface area contributed by atoms with E-state index in [-0.39, 0.29) is 6.10 Å². The molecule has 1 rings (SSSR count). The Morgan fingerprint density at radius 1 is 1.47 bits per heavy atom. The van der Waals surface area contributed by atoms with Gasteiger partial charge in [0.1, 0.15) is 6.04 Å². The van der Waals surface area contributed by atoms with E-state index in [1.807, 2.05) is 0 Å². The molecule has 0 aromatic heterocycles. The van der Waals surface area contributed by atoms with Crippen LogP contribution in [0.3, 0.4) is 0 Å². The summed E-state index contributed by atoms with van der Waals surface area (Å²) in [6.07, 6.45) is 3.54. The molecule has 2 unspecified atom stereocenters. The van der Waals surface area contributed by atoms with Crippen LogP contribution in [0.2, 0.25) is 0 Å². The number of nitrogens with one attached hydrogen (secondary N) is 2. The Morgan fingerprint density at radius 2 is 2.24 bits per heavy atom. The first-order valence-corrected chi connectivity index (χ1v) is 6.02. The van der Waals surface area contributed by atoms with Crippen LogP contribution in [0, 0.1) is 0 Å². The van der Waals surface area contributed by atoms with Crippen molar-refractivity contribution in [2.24, 2.45) is 0 Å². The molecular formula is C11H20N2O4. The number of aliphatic carboxylic acids is 1. The summed E-state index contributed by atoms with van der Waals surface area (Å²) in [6, 6.07) is -1.28. The Labute approximate surface area is 101 Å². The summed E-state index contributed by atoms with van der Waals surface area (Å²) in [4.78, 5) is 22.1. The Balaban J connectivity index is 2.21. The standard InChI is InChI=1S/C11H20N2O4/c1-2-9(10(14)15)13-11(16)12-7-8-5-3-4-6-17-8/h8-9H,2-7H2,1H3,(H,14,15)(H2,12,13,16). The molecule has 3 N–H and O–H groups in total. The van der Waals surface area contributed by atoms with Crippen LogP contribution in [-0.2, 0) is 9.53 Å². The average Bonchev–Trinajstić information content (AvgIpc) is 2.34. The lowest BCUT2D eigenvalue weighted by molar-refractivity contribution is -0.139. The Morgan fingerprint density at radius 3 is 2.76 bits per heavy atom. The maximum absolute atomic E-state index is 11.4. The summed E-state index contributed by atoms with van der Waals surface area (Å²) < 4.78 is 5.45. The van der Waals surface area contributed by atoms with Gasteiger partial charge < -0.3 is 20.5 Å². The van der Waals surface area contributed by atoms with Gasteiger partial charge in [-0.2, -0.15) is 0 Å². The van der Waals surface area contributed by atoms with Crippen molar-refractivity contribution in [2.75, 3.05) is 13.2 Å². The van der Waals surface area contributed by atoms with Gasteiger partial charge in [-0.3, -0.25) is 0 Å². The number of carboxylic acids is 1. The van der Waals surface area contributed by atoms with E-state index < -0.39 is 18.0 Å². The number of ether oxygens (including phenoxy) is 1. The van der Waals surface area contributed by atoms with Gasteiger partial charge in [0.25, 0.3) is 0 Å². The molecule has 17 heavy (non-hydrogen) atoms. The Hall–Kier alpha value is -1.30. The van der Waals surface area contributed by atoms with Crippen LogP contribution in [0.4, 0.5) is 4.79 Å². The van der Waals surface area contributed by atoms with Gasteiger partial charge in [0.2, 0.25) is 0 Å². The highest BCUT2D eigenvalue weighted by molar-refractivity contribution is 5.82. The summed E-state index contributed by atoms with van der Waals surface area (Å²) in [7, 11) is 0. The fraction of sp³-hybridized carbons (Fsp3) is 0.818. The van der Waals surface area contributed by atoms with Crippen molar-refractivity contribution in [1.29, 1.82) is 0 Å². The third kappa shape index (κ3) is 5.04. The van der Waals surface area contributed by atoms with Crippen molar-refractivity contribution in [3.05, 3.63) is 0 Å². The third-order valence-corrected chi connectivity index (χ3v) is 2.78. The highest BCUT2D eigenvalue weighted by Gasteiger charge is 2.19. The lowest BCUT2D eigenvalue weighted by Gasteiger charge is -2.23. The van der Waals surface area contributed by atoms with Crippen molar-refractivity contribution in [3.8, 4) is 0 Å². The first-order valence-electron chi connectivity index (χ1n) is 6.02. The maximum atomic E-state index is 11.4. The van der Waals surface area contributed by atoms with Crippen molar-refractivity contribution in [1.82, 2.24) is 10.6 Å². The van der Waals surface area contributed by atoms with E-state index in [9.17, 15) is 9.59 Å². The van der Waals surface area contributed by atoms with Gasteiger partial charge >= 0.3 is 12.0 Å². The van der Waals surface area contributed by atoms with Crippen molar-refractivity contribution in [3.63, 3.8) is 0 Å². The van der Waals surface area contributed by atoms with E-state index in [2.05, 4.69) is 10.6 Å². The summed E-state index contributed by atoms with van der Waals surface area (Å²) in [6.45, 7) is 2.88. The molecule has 2 atom stereocenters. The van der Waals surface area contributed by atoms with Crippen molar-refractivity contribution >= 4 is 12.0 Å². The lowest BCUT2D eigenvalue weighted by atomic mass is 10.1. The summed E-state index contributed by atoms with van der Waals surface area (Å²) in [5.74, 6) is -1.02. The van der Waals surface area contributed by atoms with E-state index in [1.54, 1.807) is 6.92 Å². The zero-order chi connectivity index (χ0) is 12.7. The minimum atomic E-state index is -1.02. The van der Waals surface area contributed by atoms with Crippen LogP contribution in [0.5, 0.6) is 0 Å². The monoisotopic (exact) mass is 244 g/mol.